The molecule has 16 nitrogen and oxygen atoms in total. The van der Waals surface area contributed by atoms with Crippen LogP contribution < -0.4 is 9.47 Å². The van der Waals surface area contributed by atoms with Crippen molar-refractivity contribution in [2.24, 2.45) is 0 Å². The summed E-state index contributed by atoms with van der Waals surface area (Å²) < 4.78 is 53.6. The molecule has 0 saturated carbocycles. The van der Waals surface area contributed by atoms with Gasteiger partial charge in [-0.15, -0.1) is 20.4 Å². The molecular weight excluding hydrogens is 1010 g/mol. The van der Waals surface area contributed by atoms with E-state index in [-0.39, 0.29) is 102 Å². The maximum atomic E-state index is 15.4. The highest BCUT2D eigenvalue weighted by molar-refractivity contribution is 6.32. The third kappa shape index (κ3) is 10.9. The van der Waals surface area contributed by atoms with Gasteiger partial charge in [-0.25, -0.2) is 18.7 Å². The van der Waals surface area contributed by atoms with Crippen molar-refractivity contribution in [3.63, 3.8) is 0 Å². The van der Waals surface area contributed by atoms with Crippen molar-refractivity contribution < 1.29 is 27.1 Å². The molecule has 0 aliphatic rings. The molecule has 2 N–H and O–H groups in total. The van der Waals surface area contributed by atoms with E-state index in [1.807, 2.05) is 56.3 Å². The first-order chi connectivity index (χ1) is 34.8. The van der Waals surface area contributed by atoms with Gasteiger partial charge in [-0.05, 0) is 86.6 Å². The first-order valence-electron chi connectivity index (χ1n) is 21.1. The first-order valence-corrected chi connectivity index (χ1v) is 22.6. The quantitative estimate of drug-likeness (QED) is 0.116. The number of aromatic nitrogens is 10. The van der Waals surface area contributed by atoms with E-state index in [9.17, 15) is 0 Å². The summed E-state index contributed by atoms with van der Waals surface area (Å²) in [7, 11) is 0. The van der Waals surface area contributed by atoms with Gasteiger partial charge >= 0.3 is 0 Å². The molecule has 0 aliphatic heterocycles. The van der Waals surface area contributed by atoms with Crippen LogP contribution >= 0.6 is 46.4 Å². The number of nitrogens with zero attached hydrogens (tertiary/aromatic N) is 10. The highest BCUT2D eigenvalue weighted by atomic mass is 35.5. The molecule has 0 aliphatic carbocycles. The fourth-order valence-corrected chi connectivity index (χ4v) is 7.81. The maximum Gasteiger partial charge on any atom is 0.268 e. The third-order valence-corrected chi connectivity index (χ3v) is 11.4. The lowest BCUT2D eigenvalue weighted by Gasteiger charge is -2.11. The number of halogens is 6. The average molecular weight is 1040 g/mol. The second kappa shape index (κ2) is 21.2. The molecule has 6 aromatic heterocycles. The van der Waals surface area contributed by atoms with Gasteiger partial charge in [-0.1, -0.05) is 64.6 Å². The van der Waals surface area contributed by atoms with E-state index in [1.165, 1.54) is 60.7 Å². The molecule has 6 heterocycles. The van der Waals surface area contributed by atoms with E-state index >= 15 is 8.78 Å². The van der Waals surface area contributed by atoms with Gasteiger partial charge in [-0.2, -0.15) is 10.5 Å². The van der Waals surface area contributed by atoms with Crippen molar-refractivity contribution in [2.45, 2.75) is 26.7 Å². The van der Waals surface area contributed by atoms with Gasteiger partial charge < -0.3 is 28.3 Å². The van der Waals surface area contributed by atoms with Crippen molar-refractivity contribution >= 4 is 46.4 Å². The van der Waals surface area contributed by atoms with Crippen LogP contribution in [0.25, 0.3) is 46.1 Å². The summed E-state index contributed by atoms with van der Waals surface area (Å²) >= 11 is 24.4. The second-order valence-corrected chi connectivity index (χ2v) is 17.1. The minimum atomic E-state index is -0.700. The Hall–Kier alpha value is -8.52. The molecule has 0 amide bonds. The lowest BCUT2D eigenvalue weighted by molar-refractivity contribution is 0.437. The standard InChI is InChI=1S/2C25H15Cl2FN6O2/c1-13-22(32-24(31-13)15-4-6-30-7-5-15)25-34-33-20(36-25)10-16-2-3-19(27)23(21(16)28)35-18-9-14(12-29)8-17(26)11-18;1-13-22(32-24(31-13)19-4-2-3-7-30-19)25-34-33-20(36-25)10-15-5-6-18(27)23(21(15)28)35-17-9-14(12-29)8-16(26)11-17/h2*2-9,11H,10H2,1H3,(H,31,32). The molecular formula is C50H30Cl4F2N12O4. The van der Waals surface area contributed by atoms with Gasteiger partial charge in [0.25, 0.3) is 11.8 Å². The molecule has 356 valence electrons. The maximum absolute atomic E-state index is 15.4. The van der Waals surface area contributed by atoms with E-state index < -0.39 is 11.6 Å². The smallest absolute Gasteiger partial charge is 0.268 e. The summed E-state index contributed by atoms with van der Waals surface area (Å²) in [6.45, 7) is 3.67. The molecule has 0 spiro atoms. The number of nitrogens with one attached hydrogen (secondary N) is 2. The molecule has 4 aromatic carbocycles. The van der Waals surface area contributed by atoms with Crippen LogP contribution in [0.3, 0.4) is 0 Å². The van der Waals surface area contributed by atoms with Crippen LogP contribution in [0.4, 0.5) is 8.78 Å². The largest absolute Gasteiger partial charge is 0.453 e. The van der Waals surface area contributed by atoms with Crippen LogP contribution in [0, 0.1) is 48.1 Å². The van der Waals surface area contributed by atoms with Crippen molar-refractivity contribution in [2.75, 3.05) is 0 Å². The van der Waals surface area contributed by atoms with E-state index in [2.05, 4.69) is 50.3 Å². The van der Waals surface area contributed by atoms with Gasteiger partial charge in [0.2, 0.25) is 11.8 Å². The molecule has 0 atom stereocenters. The number of hydrogen-bond donors (Lipinski definition) is 2. The number of hydrogen-bond acceptors (Lipinski definition) is 14. The number of imidazole rings is 2. The normalized spacial score (nSPS) is 10.9. The zero-order valence-electron chi connectivity index (χ0n) is 37.2. The summed E-state index contributed by atoms with van der Waals surface area (Å²) in [5.41, 5.74) is 4.94. The van der Waals surface area contributed by atoms with Crippen molar-refractivity contribution in [3.8, 4) is 81.2 Å². The van der Waals surface area contributed by atoms with Gasteiger partial charge in [0.15, 0.2) is 29.0 Å². The number of pyridine rings is 2. The van der Waals surface area contributed by atoms with E-state index in [4.69, 9.17) is 75.2 Å². The van der Waals surface area contributed by atoms with Gasteiger partial charge in [0, 0.05) is 56.7 Å². The van der Waals surface area contributed by atoms with Crippen molar-refractivity contribution in [3.05, 3.63) is 187 Å². The van der Waals surface area contributed by atoms with Crippen LogP contribution in [-0.4, -0.2) is 50.3 Å². The Labute approximate surface area is 426 Å². The summed E-state index contributed by atoms with van der Waals surface area (Å²) in [6.07, 6.45) is 5.00. The fraction of sp³-hybridized carbons (Fsp3) is 0.0800. The number of benzene rings is 4. The van der Waals surface area contributed by atoms with Crippen LogP contribution in [-0.2, 0) is 12.8 Å². The van der Waals surface area contributed by atoms with Crippen LogP contribution in [0.2, 0.25) is 20.1 Å². The van der Waals surface area contributed by atoms with Crippen LogP contribution in [0.5, 0.6) is 23.0 Å². The number of nitriles is 2. The fourth-order valence-electron chi connectivity index (χ4n) is 6.99. The second-order valence-electron chi connectivity index (χ2n) is 15.4. The highest BCUT2D eigenvalue weighted by Gasteiger charge is 2.23. The van der Waals surface area contributed by atoms with E-state index in [0.29, 0.717) is 28.7 Å². The molecule has 0 fully saturated rings. The predicted molar refractivity (Wildman–Crippen MR) is 261 cm³/mol. The molecule has 10 rings (SSSR count). The Morgan fingerprint density at radius 1 is 0.597 bits per heavy atom. The summed E-state index contributed by atoms with van der Waals surface area (Å²) in [6, 6.07) is 27.8. The lowest BCUT2D eigenvalue weighted by Crippen LogP contribution is -1.98. The van der Waals surface area contributed by atoms with Gasteiger partial charge in [0.1, 0.15) is 34.4 Å². The first kappa shape index (κ1) is 48.5. The Morgan fingerprint density at radius 2 is 1.10 bits per heavy atom. The zero-order valence-corrected chi connectivity index (χ0v) is 40.2. The molecule has 0 radical (unpaired) electrons. The Morgan fingerprint density at radius 3 is 1.58 bits per heavy atom. The topological polar surface area (TPSA) is 227 Å². The SMILES string of the molecule is Cc1[nH]c(-c2ccccn2)nc1-c1nnc(Cc2ccc(Cl)c(Oc3cc(Cl)cc(C#N)c3)c2F)o1.Cc1[nH]c(-c2ccncc2)nc1-c1nnc(Cc2ccc(Cl)c(Oc3cc(Cl)cc(C#N)c3)c2F)o1. The summed E-state index contributed by atoms with van der Waals surface area (Å²) in [5, 5.41) is 35.2. The number of aryl methyl sites for hydroxylation is 2. The highest BCUT2D eigenvalue weighted by Crippen LogP contribution is 2.38. The van der Waals surface area contributed by atoms with Gasteiger partial charge in [0.05, 0.1) is 46.2 Å². The Kier molecular flexibility index (Phi) is 14.3. The molecule has 10 aromatic rings. The Balaban J connectivity index is 0.000000178. The third-order valence-electron chi connectivity index (χ3n) is 10.4. The van der Waals surface area contributed by atoms with Crippen LogP contribution in [0.1, 0.15) is 45.4 Å². The molecule has 0 unspecified atom stereocenters. The van der Waals surface area contributed by atoms with Crippen LogP contribution in [0.15, 0.2) is 118 Å². The number of rotatable bonds is 12. The average Bonchev–Trinajstić information content (AvgIpc) is 4.21. The molecule has 0 saturated heterocycles. The molecule has 72 heavy (non-hydrogen) atoms. The van der Waals surface area contributed by atoms with Crippen molar-refractivity contribution in [1.82, 2.24) is 50.3 Å². The number of aromatic amines is 2. The van der Waals surface area contributed by atoms with Crippen molar-refractivity contribution in [1.29, 1.82) is 10.5 Å². The monoisotopic (exact) mass is 1040 g/mol. The molecule has 0 bridgehead atoms. The Bertz CT molecular complexity index is 3460. The summed E-state index contributed by atoms with van der Waals surface area (Å²) in [4.78, 5) is 23.7. The minimum absolute atomic E-state index is 0.00790. The van der Waals surface area contributed by atoms with Gasteiger partial charge in [-0.3, -0.25) is 9.97 Å². The minimum Gasteiger partial charge on any atom is -0.453 e. The molecule has 22 heteroatoms. The lowest BCUT2D eigenvalue weighted by atomic mass is 10.1. The zero-order chi connectivity index (χ0) is 50.5. The van der Waals surface area contributed by atoms with E-state index in [1.54, 1.807) is 18.6 Å². The summed E-state index contributed by atoms with van der Waals surface area (Å²) in [5.74, 6) is 0.491. The number of ether oxygens (including phenoxy) is 2. The predicted octanol–water partition coefficient (Wildman–Crippen LogP) is 13.1. The number of H-pyrrole nitrogens is 2. The van der Waals surface area contributed by atoms with E-state index in [0.717, 1.165) is 17.0 Å².